The number of benzene rings is 3. The third-order valence-electron chi connectivity index (χ3n) is 6.36. The van der Waals surface area contributed by atoms with Gasteiger partial charge in [-0.15, -0.1) is 5.11 Å². The quantitative estimate of drug-likeness (QED) is 0.250. The maximum Gasteiger partial charge on any atom is 0.315 e. The number of anilines is 3. The van der Waals surface area contributed by atoms with Crippen molar-refractivity contribution in [3.63, 3.8) is 0 Å². The summed E-state index contributed by atoms with van der Waals surface area (Å²) in [5.41, 5.74) is 1.94. The number of phenolic OH excluding ortho intramolecular Hbond substituents is 1. The van der Waals surface area contributed by atoms with Gasteiger partial charge in [0.05, 0.1) is 29.5 Å². The van der Waals surface area contributed by atoms with Crippen molar-refractivity contribution in [1.29, 1.82) is 0 Å². The van der Waals surface area contributed by atoms with Crippen molar-refractivity contribution in [3.8, 4) is 5.75 Å². The summed E-state index contributed by atoms with van der Waals surface area (Å²) in [6.07, 6.45) is -0.374. The molecular weight excluding hydrogens is 588 g/mol. The van der Waals surface area contributed by atoms with Crippen LogP contribution in [0.1, 0.15) is 18.9 Å². The van der Waals surface area contributed by atoms with Gasteiger partial charge in [-0.3, -0.25) is 0 Å². The van der Waals surface area contributed by atoms with Crippen molar-refractivity contribution in [3.05, 3.63) is 60.2 Å². The number of sulfone groups is 1. The van der Waals surface area contributed by atoms with E-state index in [4.69, 9.17) is 4.74 Å². The average molecular weight is 617 g/mol. The van der Waals surface area contributed by atoms with E-state index in [0.29, 0.717) is 55.0 Å². The molecule has 0 saturated carbocycles. The van der Waals surface area contributed by atoms with E-state index < -0.39 is 15.9 Å². The molecule has 11 nitrogen and oxygen atoms in total. The number of nitrogens with zero attached hydrogens (tertiary/aromatic N) is 6. The van der Waals surface area contributed by atoms with Gasteiger partial charge in [0.2, 0.25) is 11.9 Å². The number of ether oxygens (including phenoxy) is 1. The summed E-state index contributed by atoms with van der Waals surface area (Å²) in [5, 5.41) is 23.8. The van der Waals surface area contributed by atoms with E-state index >= 15 is 0 Å². The molecule has 1 fully saturated rings. The van der Waals surface area contributed by atoms with E-state index in [1.165, 1.54) is 12.1 Å². The van der Waals surface area contributed by atoms with E-state index in [0.717, 1.165) is 5.39 Å². The molecule has 1 aliphatic heterocycles. The molecule has 41 heavy (non-hydrogen) atoms. The molecule has 0 spiro atoms. The first-order valence-electron chi connectivity index (χ1n) is 12.8. The van der Waals surface area contributed by atoms with Gasteiger partial charge in [0, 0.05) is 42.7 Å². The number of aromatic nitrogens is 3. The van der Waals surface area contributed by atoms with Crippen LogP contribution in [0.2, 0.25) is 0 Å². The van der Waals surface area contributed by atoms with Gasteiger partial charge in [0.25, 0.3) is 0 Å². The third-order valence-corrected chi connectivity index (χ3v) is 8.29. The first-order chi connectivity index (χ1) is 19.2. The van der Waals surface area contributed by atoms with Crippen molar-refractivity contribution in [2.24, 2.45) is 10.2 Å². The number of phenols is 1. The van der Waals surface area contributed by atoms with E-state index in [1.807, 2.05) is 17.9 Å². The Hall–Kier alpha value is -3.65. The van der Waals surface area contributed by atoms with Crippen LogP contribution in [0, 0.1) is 13.0 Å². The maximum absolute atomic E-state index is 14.2. The summed E-state index contributed by atoms with van der Waals surface area (Å²) in [5.74, 6) is 0.243. The van der Waals surface area contributed by atoms with Crippen molar-refractivity contribution < 1.29 is 41.2 Å². The zero-order valence-electron chi connectivity index (χ0n) is 22.5. The molecule has 0 aliphatic carbocycles. The van der Waals surface area contributed by atoms with E-state index in [9.17, 15) is 17.9 Å². The van der Waals surface area contributed by atoms with Crippen LogP contribution in [0.25, 0.3) is 10.8 Å². The molecule has 4 aromatic rings. The number of azo groups is 1. The molecule has 14 heteroatoms. The molecule has 2 heterocycles. The number of halogens is 1. The number of aryl methyl sites for hydroxylation is 1. The van der Waals surface area contributed by atoms with Crippen LogP contribution in [0.3, 0.4) is 0 Å². The molecule has 1 radical (unpaired) electrons. The van der Waals surface area contributed by atoms with E-state index in [-0.39, 0.29) is 52.5 Å². The molecule has 0 unspecified atom stereocenters. The standard InChI is InChI=1S/C27H28FN7O4S.V/c1-3-14-40(37,38)21-8-6-19(7-9-21)33-34-23-17(2)15-18-4-5-20(16-22(18)24(23)36)29-26-30-25(28)31-27(32-26)35-10-12-39-13-11-35;/h4-9,15-16,36H,3,10-14H2,1-2H3,(H,29,30,31,32);. The number of aromatic hydroxyl groups is 1. The summed E-state index contributed by atoms with van der Waals surface area (Å²) >= 11 is 0. The molecule has 0 atom stereocenters. The average Bonchev–Trinajstić information content (AvgIpc) is 2.94. The Kier molecular flexibility index (Phi) is 9.54. The first-order valence-corrected chi connectivity index (χ1v) is 14.4. The molecule has 0 amide bonds. The molecule has 5 rings (SSSR count). The van der Waals surface area contributed by atoms with Crippen LogP contribution < -0.4 is 10.2 Å². The Bertz CT molecular complexity index is 1680. The monoisotopic (exact) mass is 616 g/mol. The molecule has 213 valence electrons. The Morgan fingerprint density at radius 3 is 2.49 bits per heavy atom. The second-order valence-corrected chi connectivity index (χ2v) is 11.4. The zero-order valence-corrected chi connectivity index (χ0v) is 24.7. The molecule has 1 aliphatic rings. The number of rotatable bonds is 8. The SMILES string of the molecule is CCCS(=O)(=O)c1ccc(N=Nc2c(C)cc3ccc(Nc4nc(F)nc(N5CCOCC5)n4)cc3c2O)cc1.[V]. The molecule has 1 saturated heterocycles. The van der Waals surface area contributed by atoms with Gasteiger partial charge in [-0.25, -0.2) is 8.42 Å². The second kappa shape index (κ2) is 12.9. The van der Waals surface area contributed by atoms with Crippen molar-refractivity contribution in [2.45, 2.75) is 25.2 Å². The van der Waals surface area contributed by atoms with Crippen LogP contribution in [-0.4, -0.2) is 60.5 Å². The summed E-state index contributed by atoms with van der Waals surface area (Å²) in [4.78, 5) is 14.0. The summed E-state index contributed by atoms with van der Waals surface area (Å²) in [6, 6.07) is 13.3. The number of morpholine rings is 1. The third kappa shape index (κ3) is 6.99. The van der Waals surface area contributed by atoms with Crippen LogP contribution >= 0.6 is 0 Å². The fourth-order valence-corrected chi connectivity index (χ4v) is 5.67. The molecular formula is C27H28FN7O4SV. The predicted molar refractivity (Wildman–Crippen MR) is 149 cm³/mol. The fraction of sp³-hybridized carbons (Fsp3) is 0.296. The number of hydrogen-bond donors (Lipinski definition) is 2. The number of hydrogen-bond acceptors (Lipinski definition) is 11. The van der Waals surface area contributed by atoms with Crippen LogP contribution in [-0.2, 0) is 33.1 Å². The summed E-state index contributed by atoms with van der Waals surface area (Å²) in [7, 11) is -3.33. The predicted octanol–water partition coefficient (Wildman–Crippen LogP) is 5.35. The largest absolute Gasteiger partial charge is 0.505 e. The van der Waals surface area contributed by atoms with Gasteiger partial charge in [-0.1, -0.05) is 13.0 Å². The minimum Gasteiger partial charge on any atom is -0.505 e. The van der Waals surface area contributed by atoms with Crippen LogP contribution in [0.15, 0.2) is 63.7 Å². The number of fused-ring (bicyclic) bond motifs is 1. The van der Waals surface area contributed by atoms with E-state index in [1.54, 1.807) is 37.3 Å². The topological polar surface area (TPSA) is 142 Å². The van der Waals surface area contributed by atoms with Gasteiger partial charge < -0.3 is 20.1 Å². The normalized spacial score (nSPS) is 13.9. The Balaban J connectivity index is 0.00000387. The molecule has 3 aromatic carbocycles. The van der Waals surface area contributed by atoms with Gasteiger partial charge >= 0.3 is 6.08 Å². The molecule has 1 aromatic heterocycles. The van der Waals surface area contributed by atoms with Gasteiger partial charge in [-0.05, 0) is 66.8 Å². The number of nitrogens with one attached hydrogen (secondary N) is 1. The minimum atomic E-state index is -3.33. The van der Waals surface area contributed by atoms with E-state index in [2.05, 4.69) is 30.5 Å². The Labute approximate surface area is 248 Å². The second-order valence-electron chi connectivity index (χ2n) is 9.29. The van der Waals surface area contributed by atoms with Crippen molar-refractivity contribution in [2.75, 3.05) is 42.3 Å². The maximum atomic E-state index is 14.2. The Morgan fingerprint density at radius 2 is 1.78 bits per heavy atom. The molecule has 2 N–H and O–H groups in total. The fourth-order valence-electron chi connectivity index (χ4n) is 4.35. The Morgan fingerprint density at radius 1 is 1.05 bits per heavy atom. The van der Waals surface area contributed by atoms with Crippen LogP contribution in [0.5, 0.6) is 5.75 Å². The smallest absolute Gasteiger partial charge is 0.315 e. The summed E-state index contributed by atoms with van der Waals surface area (Å²) in [6.45, 7) is 5.72. The first kappa shape index (κ1) is 30.3. The molecule has 0 bridgehead atoms. The zero-order chi connectivity index (χ0) is 28.3. The van der Waals surface area contributed by atoms with Gasteiger partial charge in [0.1, 0.15) is 5.69 Å². The van der Waals surface area contributed by atoms with Crippen molar-refractivity contribution >= 4 is 49.6 Å². The van der Waals surface area contributed by atoms with Gasteiger partial charge in [0.15, 0.2) is 15.6 Å². The van der Waals surface area contributed by atoms with Gasteiger partial charge in [-0.2, -0.15) is 24.5 Å². The minimum absolute atomic E-state index is 0. The van der Waals surface area contributed by atoms with Crippen LogP contribution in [0.4, 0.5) is 33.3 Å². The van der Waals surface area contributed by atoms with Crippen molar-refractivity contribution in [1.82, 2.24) is 15.0 Å². The summed E-state index contributed by atoms with van der Waals surface area (Å²) < 4.78 is 44.0.